The minimum absolute atomic E-state index is 0.626. The van der Waals surface area contributed by atoms with E-state index in [4.69, 9.17) is 19.4 Å². The number of aromatic nitrogens is 2. The van der Waals surface area contributed by atoms with Crippen molar-refractivity contribution in [2.75, 3.05) is 0 Å². The second-order valence-corrected chi connectivity index (χ2v) is 12.6. The van der Waals surface area contributed by atoms with E-state index in [1.54, 1.807) is 0 Å². The first-order valence-corrected chi connectivity index (χ1v) is 14.1. The maximum atomic E-state index is 6.60. The van der Waals surface area contributed by atoms with E-state index in [2.05, 4.69) is 23.0 Å². The van der Waals surface area contributed by atoms with Gasteiger partial charge in [-0.15, -0.1) is 0 Å². The molecule has 0 atom stereocenters. The van der Waals surface area contributed by atoms with Crippen molar-refractivity contribution in [3.8, 4) is 0 Å². The summed E-state index contributed by atoms with van der Waals surface area (Å²) in [6, 6.07) is 1.25. The number of imidazole rings is 1. The third-order valence-corrected chi connectivity index (χ3v) is 8.47. The summed E-state index contributed by atoms with van der Waals surface area (Å²) in [4.78, 5) is 0. The zero-order valence-electron chi connectivity index (χ0n) is 13.7. The van der Waals surface area contributed by atoms with Crippen molar-refractivity contribution in [2.45, 2.75) is 90.1 Å². The average molecular weight is 432 g/mol. The molecule has 0 unspecified atom stereocenters. The van der Waals surface area contributed by atoms with Gasteiger partial charge in [0.05, 0.1) is 0 Å². The number of hydrogen-bond acceptors (Lipinski definition) is 0. The fourth-order valence-corrected chi connectivity index (χ4v) is 7.75. The molecular formula is C17H28Cl2N2Ru. The Morgan fingerprint density at radius 2 is 1.09 bits per heavy atom. The van der Waals surface area contributed by atoms with Gasteiger partial charge >= 0.3 is 148 Å². The van der Waals surface area contributed by atoms with Gasteiger partial charge in [-0.2, -0.15) is 0 Å². The molecule has 22 heavy (non-hydrogen) atoms. The van der Waals surface area contributed by atoms with Crippen molar-refractivity contribution in [3.63, 3.8) is 0 Å². The molecule has 128 valence electrons. The summed E-state index contributed by atoms with van der Waals surface area (Å²) >= 11 is -1.93. The number of rotatable bonds is 2. The van der Waals surface area contributed by atoms with Crippen molar-refractivity contribution in [1.29, 1.82) is 0 Å². The standard InChI is InChI=1S/C17H28N2.2ClH.Ru/c1-14-15(2)19(17-11-7-4-8-12-17)13-18(14)16-9-5-3-6-10-16;;;/h16-17H,3-12H2,1-2H3;2*1H;/q;;;+2/p-2. The first-order valence-electron chi connectivity index (χ1n) is 8.74. The average Bonchev–Trinajstić information content (AvgIpc) is 2.81. The summed E-state index contributed by atoms with van der Waals surface area (Å²) in [5.74, 6) is 0. The molecule has 0 bridgehead atoms. The summed E-state index contributed by atoms with van der Waals surface area (Å²) in [6.07, 6.45) is 13.3. The summed E-state index contributed by atoms with van der Waals surface area (Å²) in [6.45, 7) is 4.55. The van der Waals surface area contributed by atoms with E-state index < -0.39 is 13.5 Å². The van der Waals surface area contributed by atoms with Gasteiger partial charge in [0.15, 0.2) is 0 Å². The molecule has 0 radical (unpaired) electrons. The van der Waals surface area contributed by atoms with Crippen molar-refractivity contribution >= 4 is 19.4 Å². The molecule has 1 heterocycles. The van der Waals surface area contributed by atoms with Crippen molar-refractivity contribution in [1.82, 2.24) is 9.13 Å². The third-order valence-electron chi connectivity index (χ3n) is 5.63. The zero-order chi connectivity index (χ0) is 15.7. The molecule has 5 heteroatoms. The van der Waals surface area contributed by atoms with Crippen LogP contribution >= 0.6 is 19.4 Å². The van der Waals surface area contributed by atoms with Gasteiger partial charge in [-0.05, 0) is 0 Å². The predicted octanol–water partition coefficient (Wildman–Crippen LogP) is 6.37. The van der Waals surface area contributed by atoms with Gasteiger partial charge in [-0.25, -0.2) is 0 Å². The first-order chi connectivity index (χ1) is 10.6. The first kappa shape index (κ1) is 17.2. The molecule has 0 spiro atoms. The van der Waals surface area contributed by atoms with E-state index >= 15 is 0 Å². The van der Waals surface area contributed by atoms with Crippen molar-refractivity contribution < 1.29 is 13.5 Å². The molecule has 0 N–H and O–H groups in total. The van der Waals surface area contributed by atoms with Crippen LogP contribution in [0.15, 0.2) is 0 Å². The second-order valence-electron chi connectivity index (χ2n) is 6.94. The molecule has 1 aromatic rings. The van der Waals surface area contributed by atoms with Gasteiger partial charge in [-0.3, -0.25) is 0 Å². The SMILES string of the molecule is Cc1c(C)n(C2CCCCC2)[c](=[Ru]([Cl])[Cl])n1C1CCCCC1. The Hall–Kier alpha value is 0.413. The van der Waals surface area contributed by atoms with Gasteiger partial charge in [0.1, 0.15) is 0 Å². The number of nitrogens with zero attached hydrogens (tertiary/aromatic N) is 2. The molecule has 0 saturated heterocycles. The molecule has 0 amide bonds. The molecule has 2 fully saturated rings. The summed E-state index contributed by atoms with van der Waals surface area (Å²) < 4.78 is 6.41. The van der Waals surface area contributed by atoms with Gasteiger partial charge < -0.3 is 0 Å². The van der Waals surface area contributed by atoms with Gasteiger partial charge in [0, 0.05) is 0 Å². The van der Waals surface area contributed by atoms with E-state index in [-0.39, 0.29) is 0 Å². The molecule has 3 rings (SSSR count). The van der Waals surface area contributed by atoms with E-state index in [0.717, 1.165) is 0 Å². The Morgan fingerprint density at radius 3 is 1.41 bits per heavy atom. The zero-order valence-corrected chi connectivity index (χ0v) is 17.0. The molecule has 2 saturated carbocycles. The molecule has 0 aromatic carbocycles. The van der Waals surface area contributed by atoms with Crippen LogP contribution < -0.4 is 0 Å². The Bertz CT molecular complexity index is 542. The molecular weight excluding hydrogens is 404 g/mol. The Morgan fingerprint density at radius 1 is 0.727 bits per heavy atom. The van der Waals surface area contributed by atoms with Crippen LogP contribution in [-0.4, -0.2) is 9.13 Å². The van der Waals surface area contributed by atoms with E-state index in [0.29, 0.717) is 12.1 Å². The summed E-state index contributed by atoms with van der Waals surface area (Å²) in [5.41, 5.74) is 2.82. The molecule has 2 aliphatic carbocycles. The second kappa shape index (κ2) is 7.53. The van der Waals surface area contributed by atoms with Crippen LogP contribution in [0.5, 0.6) is 0 Å². The Balaban J connectivity index is 2.12. The molecule has 1 aromatic heterocycles. The van der Waals surface area contributed by atoms with Crippen LogP contribution in [-0.2, 0) is 13.5 Å². The van der Waals surface area contributed by atoms with Gasteiger partial charge in [-0.1, -0.05) is 0 Å². The molecule has 2 nitrogen and oxygen atoms in total. The van der Waals surface area contributed by atoms with Crippen molar-refractivity contribution in [3.05, 3.63) is 15.4 Å². The Kier molecular flexibility index (Phi) is 5.91. The quantitative estimate of drug-likeness (QED) is 0.481. The van der Waals surface area contributed by atoms with Crippen LogP contribution in [0.3, 0.4) is 0 Å². The summed E-state index contributed by atoms with van der Waals surface area (Å²) in [7, 11) is 13.2. The van der Waals surface area contributed by atoms with Crippen LogP contribution in [0.2, 0.25) is 0 Å². The maximum absolute atomic E-state index is 6.60. The fraction of sp³-hybridized carbons (Fsp3) is 0.824. The van der Waals surface area contributed by atoms with Gasteiger partial charge in [0.25, 0.3) is 0 Å². The molecule has 0 aliphatic heterocycles. The summed E-state index contributed by atoms with van der Waals surface area (Å²) in [5, 5.41) is 0. The normalized spacial score (nSPS) is 22.1. The van der Waals surface area contributed by atoms with Gasteiger partial charge in [0.2, 0.25) is 0 Å². The third kappa shape index (κ3) is 3.28. The fourth-order valence-electron chi connectivity index (χ4n) is 4.38. The number of halogens is 2. The minimum atomic E-state index is -1.93. The topological polar surface area (TPSA) is 9.86 Å². The predicted molar refractivity (Wildman–Crippen MR) is 91.1 cm³/mol. The van der Waals surface area contributed by atoms with Crippen LogP contribution in [0, 0.1) is 17.9 Å². The van der Waals surface area contributed by atoms with E-state index in [9.17, 15) is 0 Å². The van der Waals surface area contributed by atoms with Crippen molar-refractivity contribution in [2.24, 2.45) is 0 Å². The van der Waals surface area contributed by atoms with E-state index in [1.165, 1.54) is 79.6 Å². The van der Waals surface area contributed by atoms with E-state index in [1.807, 2.05) is 0 Å². The van der Waals surface area contributed by atoms with Crippen LogP contribution in [0.25, 0.3) is 0 Å². The monoisotopic (exact) mass is 432 g/mol. The number of hydrogen-bond donors (Lipinski definition) is 0. The van der Waals surface area contributed by atoms with Crippen LogP contribution in [0.1, 0.15) is 87.7 Å². The Labute approximate surface area is 147 Å². The van der Waals surface area contributed by atoms with Crippen LogP contribution in [0.4, 0.5) is 0 Å². The molecule has 2 aliphatic rings.